The summed E-state index contributed by atoms with van der Waals surface area (Å²) in [5, 5.41) is 0. The van der Waals surface area contributed by atoms with Crippen LogP contribution in [-0.2, 0) is 0 Å². The highest BCUT2D eigenvalue weighted by atomic mass is 15.2. The van der Waals surface area contributed by atoms with Gasteiger partial charge in [-0.05, 0) is 87.3 Å². The third-order valence-electron chi connectivity index (χ3n) is 9.25. The third-order valence-corrected chi connectivity index (χ3v) is 9.25. The van der Waals surface area contributed by atoms with Gasteiger partial charge in [0.1, 0.15) is 0 Å². The lowest BCUT2D eigenvalue weighted by Crippen LogP contribution is -2.61. The van der Waals surface area contributed by atoms with Crippen molar-refractivity contribution in [3.05, 3.63) is 176 Å². The molecule has 7 aromatic rings. The van der Waals surface area contributed by atoms with E-state index in [0.29, 0.717) is 0 Å². The Bertz CT molecular complexity index is 2160. The largest absolute Gasteiger partial charge is 0.376 e. The van der Waals surface area contributed by atoms with E-state index in [1.165, 1.54) is 72.7 Å². The minimum atomic E-state index is 0.0185. The summed E-state index contributed by atoms with van der Waals surface area (Å²) in [6, 6.07) is 63.9. The molecule has 0 fully saturated rings. The summed E-state index contributed by atoms with van der Waals surface area (Å²) in [6.07, 6.45) is 0. The molecule has 0 bridgehead atoms. The van der Waals surface area contributed by atoms with Crippen molar-refractivity contribution in [2.24, 2.45) is 0 Å². The van der Waals surface area contributed by atoms with Crippen LogP contribution in [0.1, 0.15) is 0 Å². The van der Waals surface area contributed by atoms with Crippen LogP contribution in [0.2, 0.25) is 0 Å². The van der Waals surface area contributed by atoms with Gasteiger partial charge in [-0.2, -0.15) is 0 Å². The van der Waals surface area contributed by atoms with Gasteiger partial charge >= 0.3 is 6.85 Å². The first-order valence-corrected chi connectivity index (χ1v) is 15.6. The molecule has 210 valence electrons. The minimum Gasteiger partial charge on any atom is -0.376 e. The number of hydrogen-bond donors (Lipinski definition) is 0. The first kappa shape index (κ1) is 25.7. The maximum atomic E-state index is 2.56. The smallest absolute Gasteiger partial charge is 0.333 e. The van der Waals surface area contributed by atoms with Gasteiger partial charge in [0.2, 0.25) is 0 Å². The number of anilines is 5. The molecule has 0 amide bonds. The molecule has 0 aliphatic carbocycles. The summed E-state index contributed by atoms with van der Waals surface area (Å²) >= 11 is 0. The second kappa shape index (κ2) is 10.4. The molecule has 3 heteroatoms. The Labute approximate surface area is 264 Å². The number of benzene rings is 7. The van der Waals surface area contributed by atoms with Gasteiger partial charge in [0, 0.05) is 34.0 Å². The standard InChI is InChI=1S/C42H29BN2/c1-4-13-30(14-5-1)32-23-26-35(27-24-32)45-39-28-25-33(31-15-6-2-7-16-31)29-37(39)36-19-12-22-41-42(36)43(45)38-20-10-11-21-40(38)44(41)34-17-8-3-9-18-34/h1-29H. The van der Waals surface area contributed by atoms with Crippen LogP contribution in [0.15, 0.2) is 176 Å². The second-order valence-corrected chi connectivity index (χ2v) is 11.8. The number of rotatable bonds is 4. The highest BCUT2D eigenvalue weighted by Crippen LogP contribution is 2.47. The van der Waals surface area contributed by atoms with E-state index in [0.717, 1.165) is 0 Å². The van der Waals surface area contributed by atoms with Crippen molar-refractivity contribution >= 4 is 46.2 Å². The molecule has 2 heterocycles. The first-order valence-electron chi connectivity index (χ1n) is 15.6. The zero-order chi connectivity index (χ0) is 29.7. The van der Waals surface area contributed by atoms with E-state index in [4.69, 9.17) is 0 Å². The van der Waals surface area contributed by atoms with Crippen LogP contribution in [-0.4, -0.2) is 6.85 Å². The van der Waals surface area contributed by atoms with E-state index < -0.39 is 0 Å². The number of para-hydroxylation sites is 2. The summed E-state index contributed by atoms with van der Waals surface area (Å²) in [6.45, 7) is 0.0185. The molecular formula is C42H29BN2. The van der Waals surface area contributed by atoms with Crippen LogP contribution in [0.3, 0.4) is 0 Å². The predicted octanol–water partition coefficient (Wildman–Crippen LogP) is 9.73. The lowest BCUT2D eigenvalue weighted by Gasteiger charge is -2.45. The molecule has 9 rings (SSSR count). The van der Waals surface area contributed by atoms with Gasteiger partial charge in [-0.25, -0.2) is 0 Å². The highest BCUT2D eigenvalue weighted by Gasteiger charge is 2.44. The lowest BCUT2D eigenvalue weighted by atomic mass is 9.43. The van der Waals surface area contributed by atoms with E-state index >= 15 is 0 Å². The van der Waals surface area contributed by atoms with Crippen molar-refractivity contribution in [1.82, 2.24) is 0 Å². The van der Waals surface area contributed by atoms with Crippen molar-refractivity contribution < 1.29 is 0 Å². The molecule has 45 heavy (non-hydrogen) atoms. The second-order valence-electron chi connectivity index (χ2n) is 11.8. The SMILES string of the molecule is c1ccc(-c2ccc(N3B4c5ccccc5N(c5ccccc5)c5cccc(c54)-c4cc(-c5ccccc5)ccc43)cc2)cc1. The minimum absolute atomic E-state index is 0.0185. The number of nitrogens with zero attached hydrogens (tertiary/aromatic N) is 2. The first-order chi connectivity index (χ1) is 22.3. The maximum Gasteiger partial charge on any atom is 0.333 e. The van der Waals surface area contributed by atoms with Crippen molar-refractivity contribution in [2.75, 3.05) is 9.71 Å². The van der Waals surface area contributed by atoms with Crippen LogP contribution in [0.25, 0.3) is 33.4 Å². The fourth-order valence-electron chi connectivity index (χ4n) is 7.25. The molecule has 0 spiro atoms. The van der Waals surface area contributed by atoms with Crippen LogP contribution in [0, 0.1) is 0 Å². The van der Waals surface area contributed by atoms with Gasteiger partial charge in [-0.1, -0.05) is 127 Å². The molecule has 0 aromatic heterocycles. The van der Waals surface area contributed by atoms with E-state index in [9.17, 15) is 0 Å². The van der Waals surface area contributed by atoms with Gasteiger partial charge < -0.3 is 9.71 Å². The zero-order valence-electron chi connectivity index (χ0n) is 24.7. The Morgan fingerprint density at radius 3 is 1.67 bits per heavy atom. The van der Waals surface area contributed by atoms with Gasteiger partial charge in [0.25, 0.3) is 0 Å². The molecule has 0 saturated heterocycles. The Balaban J connectivity index is 1.31. The predicted molar refractivity (Wildman–Crippen MR) is 191 cm³/mol. The Kier molecular flexibility index (Phi) is 5.95. The summed E-state index contributed by atoms with van der Waals surface area (Å²) < 4.78 is 0. The lowest BCUT2D eigenvalue weighted by molar-refractivity contribution is 1.27. The number of hydrogen-bond acceptors (Lipinski definition) is 2. The monoisotopic (exact) mass is 572 g/mol. The normalized spacial score (nSPS) is 12.8. The highest BCUT2D eigenvalue weighted by molar-refractivity contribution is 6.93. The molecule has 2 nitrogen and oxygen atoms in total. The van der Waals surface area contributed by atoms with Crippen LogP contribution in [0.5, 0.6) is 0 Å². The molecule has 7 aromatic carbocycles. The summed E-state index contributed by atoms with van der Waals surface area (Å²) in [4.78, 5) is 5.00. The van der Waals surface area contributed by atoms with Crippen LogP contribution in [0.4, 0.5) is 28.4 Å². The van der Waals surface area contributed by atoms with E-state index in [-0.39, 0.29) is 6.85 Å². The quantitative estimate of drug-likeness (QED) is 0.194. The van der Waals surface area contributed by atoms with Gasteiger partial charge in [-0.3, -0.25) is 0 Å². The Morgan fingerprint density at radius 1 is 0.356 bits per heavy atom. The van der Waals surface area contributed by atoms with Crippen molar-refractivity contribution in [3.8, 4) is 33.4 Å². The molecule has 0 saturated carbocycles. The van der Waals surface area contributed by atoms with Crippen LogP contribution < -0.4 is 20.6 Å². The summed E-state index contributed by atoms with van der Waals surface area (Å²) in [5.74, 6) is 0. The fourth-order valence-corrected chi connectivity index (χ4v) is 7.25. The molecule has 0 unspecified atom stereocenters. The van der Waals surface area contributed by atoms with E-state index in [1.807, 2.05) is 0 Å². The van der Waals surface area contributed by atoms with Gasteiger partial charge in [-0.15, -0.1) is 0 Å². The average Bonchev–Trinajstić information content (AvgIpc) is 3.13. The molecule has 2 aliphatic heterocycles. The van der Waals surface area contributed by atoms with Crippen molar-refractivity contribution in [3.63, 3.8) is 0 Å². The maximum absolute atomic E-state index is 2.56. The Hall–Kier alpha value is -5.80. The number of fused-ring (bicyclic) bond motifs is 4. The van der Waals surface area contributed by atoms with E-state index in [2.05, 4.69) is 186 Å². The molecule has 0 N–H and O–H groups in total. The summed E-state index contributed by atoms with van der Waals surface area (Å²) in [7, 11) is 0. The van der Waals surface area contributed by atoms with Gasteiger partial charge in [0.05, 0.1) is 0 Å². The summed E-state index contributed by atoms with van der Waals surface area (Å²) in [5.41, 5.74) is 16.1. The fraction of sp³-hybridized carbons (Fsp3) is 0. The molecule has 2 aliphatic rings. The van der Waals surface area contributed by atoms with Crippen molar-refractivity contribution in [1.29, 1.82) is 0 Å². The molecule has 0 atom stereocenters. The average molecular weight is 573 g/mol. The third kappa shape index (κ3) is 4.12. The van der Waals surface area contributed by atoms with Crippen molar-refractivity contribution in [2.45, 2.75) is 0 Å². The zero-order valence-corrected chi connectivity index (χ0v) is 24.7. The van der Waals surface area contributed by atoms with Crippen LogP contribution >= 0.6 is 0 Å². The van der Waals surface area contributed by atoms with E-state index in [1.54, 1.807) is 0 Å². The molecular weight excluding hydrogens is 543 g/mol. The molecule has 0 radical (unpaired) electrons. The Morgan fingerprint density at radius 2 is 0.933 bits per heavy atom. The topological polar surface area (TPSA) is 6.48 Å². The van der Waals surface area contributed by atoms with Gasteiger partial charge in [0.15, 0.2) is 0 Å².